The molecule has 6 heteroatoms. The quantitative estimate of drug-likeness (QED) is 0.669. The standard InChI is InChI=1S/C13H13BrN4O/c1-8-6-11(12(15)16)18-13(17-8)19-7-9-4-2-3-5-10(9)14/h2-6H,7H2,1H3,(H3,15,16). The fraction of sp³-hybridized carbons (Fsp3) is 0.154. The van der Waals surface area contributed by atoms with Crippen LogP contribution in [0.2, 0.25) is 0 Å². The maximum absolute atomic E-state index is 7.38. The van der Waals surface area contributed by atoms with E-state index in [-0.39, 0.29) is 11.8 Å². The Bertz CT molecular complexity index is 615. The average Bonchev–Trinajstić information content (AvgIpc) is 2.37. The Labute approximate surface area is 119 Å². The van der Waals surface area contributed by atoms with E-state index in [2.05, 4.69) is 25.9 Å². The number of nitrogens with one attached hydrogen (secondary N) is 1. The number of halogens is 1. The predicted molar refractivity (Wildman–Crippen MR) is 76.3 cm³/mol. The van der Waals surface area contributed by atoms with E-state index in [1.54, 1.807) is 13.0 Å². The zero-order chi connectivity index (χ0) is 13.8. The van der Waals surface area contributed by atoms with Crippen molar-refractivity contribution < 1.29 is 4.74 Å². The first-order chi connectivity index (χ1) is 9.06. The van der Waals surface area contributed by atoms with E-state index in [1.807, 2.05) is 24.3 Å². The van der Waals surface area contributed by atoms with Gasteiger partial charge in [0.15, 0.2) is 0 Å². The van der Waals surface area contributed by atoms with Gasteiger partial charge in [-0.2, -0.15) is 4.98 Å². The molecular formula is C13H13BrN4O. The van der Waals surface area contributed by atoms with Crippen LogP contribution >= 0.6 is 15.9 Å². The minimum Gasteiger partial charge on any atom is -0.459 e. The molecule has 0 amide bonds. The molecular weight excluding hydrogens is 308 g/mol. The van der Waals surface area contributed by atoms with Crippen molar-refractivity contribution in [3.63, 3.8) is 0 Å². The summed E-state index contributed by atoms with van der Waals surface area (Å²) in [5.41, 5.74) is 7.49. The van der Waals surface area contributed by atoms with Gasteiger partial charge in [-0.1, -0.05) is 34.1 Å². The number of nitrogens with two attached hydrogens (primary N) is 1. The molecule has 1 aromatic carbocycles. The number of ether oxygens (including phenoxy) is 1. The predicted octanol–water partition coefficient (Wildman–Crippen LogP) is 2.41. The SMILES string of the molecule is Cc1cc(C(=N)N)nc(OCc2ccccc2Br)n1. The molecule has 0 bridgehead atoms. The van der Waals surface area contributed by atoms with Gasteiger partial charge in [-0.25, -0.2) is 4.98 Å². The van der Waals surface area contributed by atoms with E-state index in [0.717, 1.165) is 10.0 Å². The van der Waals surface area contributed by atoms with Gasteiger partial charge in [0.2, 0.25) is 0 Å². The minimum absolute atomic E-state index is 0.101. The topological polar surface area (TPSA) is 84.9 Å². The molecule has 0 atom stereocenters. The molecule has 0 aliphatic heterocycles. The second-order valence-electron chi connectivity index (χ2n) is 3.97. The number of nitrogens with zero attached hydrogens (tertiary/aromatic N) is 2. The summed E-state index contributed by atoms with van der Waals surface area (Å²) < 4.78 is 6.51. The minimum atomic E-state index is -0.101. The third-order valence-corrected chi connectivity index (χ3v) is 3.20. The van der Waals surface area contributed by atoms with Crippen molar-refractivity contribution >= 4 is 21.8 Å². The summed E-state index contributed by atoms with van der Waals surface area (Å²) in [5, 5.41) is 7.38. The lowest BCUT2D eigenvalue weighted by Crippen LogP contribution is -2.15. The van der Waals surface area contributed by atoms with Crippen LogP contribution < -0.4 is 10.5 Å². The summed E-state index contributed by atoms with van der Waals surface area (Å²) in [7, 11) is 0. The van der Waals surface area contributed by atoms with Gasteiger partial charge in [0, 0.05) is 15.7 Å². The van der Waals surface area contributed by atoms with Crippen LogP contribution in [0.4, 0.5) is 0 Å². The van der Waals surface area contributed by atoms with E-state index in [9.17, 15) is 0 Å². The maximum atomic E-state index is 7.38. The zero-order valence-corrected chi connectivity index (χ0v) is 11.9. The van der Waals surface area contributed by atoms with Gasteiger partial charge in [0.05, 0.1) is 0 Å². The number of aryl methyl sites for hydroxylation is 1. The Morgan fingerprint density at radius 1 is 1.37 bits per heavy atom. The van der Waals surface area contributed by atoms with Crippen molar-refractivity contribution in [1.29, 1.82) is 5.41 Å². The molecule has 5 nitrogen and oxygen atoms in total. The summed E-state index contributed by atoms with van der Waals surface area (Å²) >= 11 is 3.45. The van der Waals surface area contributed by atoms with Crippen LogP contribution in [0.15, 0.2) is 34.8 Å². The second kappa shape index (κ2) is 5.79. The molecule has 0 radical (unpaired) electrons. The summed E-state index contributed by atoms with van der Waals surface area (Å²) in [4.78, 5) is 8.24. The van der Waals surface area contributed by atoms with Crippen LogP contribution in [-0.4, -0.2) is 15.8 Å². The van der Waals surface area contributed by atoms with Crippen molar-refractivity contribution in [2.75, 3.05) is 0 Å². The Hall–Kier alpha value is -1.95. The van der Waals surface area contributed by atoms with E-state index in [4.69, 9.17) is 15.9 Å². The number of nitrogen functional groups attached to an aromatic ring is 1. The molecule has 0 aliphatic carbocycles. The Morgan fingerprint density at radius 3 is 2.79 bits per heavy atom. The van der Waals surface area contributed by atoms with Gasteiger partial charge in [0.1, 0.15) is 18.1 Å². The third kappa shape index (κ3) is 3.51. The number of rotatable bonds is 4. The first-order valence-electron chi connectivity index (χ1n) is 5.62. The number of hydrogen-bond donors (Lipinski definition) is 2. The van der Waals surface area contributed by atoms with Gasteiger partial charge < -0.3 is 10.5 Å². The van der Waals surface area contributed by atoms with Crippen LogP contribution in [0.25, 0.3) is 0 Å². The first kappa shape index (κ1) is 13.5. The summed E-state index contributed by atoms with van der Waals surface area (Å²) in [6.45, 7) is 2.15. The molecule has 0 saturated carbocycles. The van der Waals surface area contributed by atoms with E-state index in [0.29, 0.717) is 18.0 Å². The summed E-state index contributed by atoms with van der Waals surface area (Å²) in [6.07, 6.45) is 0. The monoisotopic (exact) mass is 320 g/mol. The van der Waals surface area contributed by atoms with Crippen molar-refractivity contribution in [2.45, 2.75) is 13.5 Å². The van der Waals surface area contributed by atoms with Gasteiger partial charge in [0.25, 0.3) is 0 Å². The van der Waals surface area contributed by atoms with Crippen molar-refractivity contribution in [2.24, 2.45) is 5.73 Å². The first-order valence-corrected chi connectivity index (χ1v) is 6.42. The Morgan fingerprint density at radius 2 is 2.11 bits per heavy atom. The van der Waals surface area contributed by atoms with E-state index in [1.165, 1.54) is 0 Å². The van der Waals surface area contributed by atoms with Gasteiger partial charge >= 0.3 is 6.01 Å². The fourth-order valence-electron chi connectivity index (χ4n) is 1.50. The maximum Gasteiger partial charge on any atom is 0.317 e. The molecule has 0 saturated heterocycles. The van der Waals surface area contributed by atoms with E-state index < -0.39 is 0 Å². The average molecular weight is 321 g/mol. The molecule has 1 heterocycles. The summed E-state index contributed by atoms with van der Waals surface area (Å²) in [5.74, 6) is -0.101. The highest BCUT2D eigenvalue weighted by molar-refractivity contribution is 9.10. The van der Waals surface area contributed by atoms with Crippen LogP contribution in [0, 0.1) is 12.3 Å². The van der Waals surface area contributed by atoms with Crippen LogP contribution in [0.3, 0.4) is 0 Å². The molecule has 19 heavy (non-hydrogen) atoms. The molecule has 0 spiro atoms. The number of amidine groups is 1. The lowest BCUT2D eigenvalue weighted by atomic mass is 10.2. The van der Waals surface area contributed by atoms with Gasteiger partial charge in [-0.05, 0) is 19.1 Å². The number of hydrogen-bond acceptors (Lipinski definition) is 4. The Balaban J connectivity index is 2.16. The normalized spacial score (nSPS) is 10.2. The van der Waals surface area contributed by atoms with Gasteiger partial charge in [-0.3, -0.25) is 5.41 Å². The molecule has 2 aromatic rings. The lowest BCUT2D eigenvalue weighted by Gasteiger charge is -2.08. The highest BCUT2D eigenvalue weighted by Crippen LogP contribution is 2.17. The van der Waals surface area contributed by atoms with Crippen molar-refractivity contribution in [1.82, 2.24) is 9.97 Å². The molecule has 98 valence electrons. The molecule has 2 rings (SSSR count). The highest BCUT2D eigenvalue weighted by atomic mass is 79.9. The van der Waals surface area contributed by atoms with Crippen LogP contribution in [-0.2, 0) is 6.61 Å². The zero-order valence-electron chi connectivity index (χ0n) is 10.4. The van der Waals surface area contributed by atoms with Crippen molar-refractivity contribution in [3.05, 3.63) is 51.8 Å². The molecule has 1 aromatic heterocycles. The number of benzene rings is 1. The summed E-state index contributed by atoms with van der Waals surface area (Å²) in [6, 6.07) is 9.63. The molecule has 3 N–H and O–H groups in total. The highest BCUT2D eigenvalue weighted by Gasteiger charge is 2.07. The van der Waals surface area contributed by atoms with Crippen molar-refractivity contribution in [3.8, 4) is 6.01 Å². The van der Waals surface area contributed by atoms with Gasteiger partial charge in [-0.15, -0.1) is 0 Å². The third-order valence-electron chi connectivity index (χ3n) is 2.42. The van der Waals surface area contributed by atoms with Crippen LogP contribution in [0.1, 0.15) is 17.0 Å². The molecule has 0 aliphatic rings. The number of aromatic nitrogens is 2. The largest absolute Gasteiger partial charge is 0.459 e. The molecule has 0 fully saturated rings. The van der Waals surface area contributed by atoms with E-state index >= 15 is 0 Å². The Kier molecular flexibility index (Phi) is 4.11. The second-order valence-corrected chi connectivity index (χ2v) is 4.83. The molecule has 0 unspecified atom stereocenters. The van der Waals surface area contributed by atoms with Crippen LogP contribution in [0.5, 0.6) is 6.01 Å². The fourth-order valence-corrected chi connectivity index (χ4v) is 1.90. The smallest absolute Gasteiger partial charge is 0.317 e. The lowest BCUT2D eigenvalue weighted by molar-refractivity contribution is 0.279.